The van der Waals surface area contributed by atoms with Crippen LogP contribution in [0.5, 0.6) is 0 Å². The lowest BCUT2D eigenvalue weighted by molar-refractivity contribution is -0.292. The van der Waals surface area contributed by atoms with E-state index in [0.29, 0.717) is 0 Å². The number of halogens is 9. The molecule has 11 heteroatoms. The van der Waals surface area contributed by atoms with Gasteiger partial charge in [-0.2, -0.15) is 26.3 Å². The van der Waals surface area contributed by atoms with Gasteiger partial charge in [-0.05, 0) is 25.7 Å². The lowest BCUT2D eigenvalue weighted by atomic mass is 9.73. The molecule has 0 aromatic carbocycles. The summed E-state index contributed by atoms with van der Waals surface area (Å²) >= 11 is 0. The number of carbonyl (C=O) groups excluding carboxylic acids is 1. The number of hydrogen-bond donors (Lipinski definition) is 0. The third-order valence-electron chi connectivity index (χ3n) is 5.69. The fourth-order valence-corrected chi connectivity index (χ4v) is 3.96. The summed E-state index contributed by atoms with van der Waals surface area (Å²) in [5, 5.41) is 0. The van der Waals surface area contributed by atoms with E-state index in [-0.39, 0.29) is 12.8 Å². The summed E-state index contributed by atoms with van der Waals surface area (Å²) in [6, 6.07) is 0. The lowest BCUT2D eigenvalue weighted by Gasteiger charge is -2.43. The molecular formula is C16H15F9O2. The maximum Gasteiger partial charge on any atom is 0.378 e. The first-order valence-corrected chi connectivity index (χ1v) is 8.23. The highest BCUT2D eigenvalue weighted by atomic mass is 19.4. The Labute approximate surface area is 147 Å². The van der Waals surface area contributed by atoms with Crippen LogP contribution in [0.25, 0.3) is 0 Å². The highest BCUT2D eigenvalue weighted by Crippen LogP contribution is 2.72. The quantitative estimate of drug-likeness (QED) is 0.369. The second-order valence-electron chi connectivity index (χ2n) is 7.28. The van der Waals surface area contributed by atoms with E-state index in [1.54, 1.807) is 6.08 Å². The maximum absolute atomic E-state index is 14.8. The van der Waals surface area contributed by atoms with Gasteiger partial charge in [0.15, 0.2) is 0 Å². The second kappa shape index (κ2) is 5.56. The van der Waals surface area contributed by atoms with Crippen molar-refractivity contribution in [3.8, 4) is 0 Å². The zero-order valence-corrected chi connectivity index (χ0v) is 13.7. The normalized spacial score (nSPS) is 44.6. The molecule has 2 nitrogen and oxygen atoms in total. The van der Waals surface area contributed by atoms with Gasteiger partial charge in [0.25, 0.3) is 0 Å². The van der Waals surface area contributed by atoms with Gasteiger partial charge in [-0.3, -0.25) is 0 Å². The molecule has 0 saturated heterocycles. The molecule has 154 valence electrons. The van der Waals surface area contributed by atoms with Crippen LogP contribution in [0, 0.1) is 0 Å². The fraction of sp³-hybridized carbons (Fsp3) is 0.812. The van der Waals surface area contributed by atoms with Crippen molar-refractivity contribution in [3.63, 3.8) is 0 Å². The van der Waals surface area contributed by atoms with E-state index in [1.165, 1.54) is 6.08 Å². The summed E-state index contributed by atoms with van der Waals surface area (Å²) in [4.78, 5) is 11.9. The van der Waals surface area contributed by atoms with Crippen LogP contribution < -0.4 is 0 Å². The molecule has 0 aromatic rings. The molecule has 0 heterocycles. The van der Waals surface area contributed by atoms with Crippen LogP contribution in [0.2, 0.25) is 0 Å². The van der Waals surface area contributed by atoms with Gasteiger partial charge in [0.2, 0.25) is 17.0 Å². The summed E-state index contributed by atoms with van der Waals surface area (Å²) in [6.45, 7) is 0. The number of fused-ring (bicyclic) bond motifs is 1. The van der Waals surface area contributed by atoms with Gasteiger partial charge < -0.3 is 4.74 Å². The van der Waals surface area contributed by atoms with Gasteiger partial charge in [-0.15, -0.1) is 0 Å². The topological polar surface area (TPSA) is 26.3 Å². The molecular weight excluding hydrogens is 395 g/mol. The van der Waals surface area contributed by atoms with E-state index < -0.39 is 72.5 Å². The van der Waals surface area contributed by atoms with E-state index >= 15 is 0 Å². The summed E-state index contributed by atoms with van der Waals surface area (Å²) in [5.41, 5.74) is -12.4. The van der Waals surface area contributed by atoms with E-state index in [0.717, 1.165) is 0 Å². The molecule has 3 aliphatic carbocycles. The minimum atomic E-state index is -6.28. The van der Waals surface area contributed by atoms with Crippen molar-refractivity contribution in [3.05, 3.63) is 12.2 Å². The lowest BCUT2D eigenvalue weighted by Crippen LogP contribution is -2.62. The molecule has 0 bridgehead atoms. The average molecular weight is 410 g/mol. The van der Waals surface area contributed by atoms with Crippen LogP contribution in [0.15, 0.2) is 12.2 Å². The monoisotopic (exact) mass is 410 g/mol. The minimum absolute atomic E-state index is 0.160. The number of allylic oxidation sites excluding steroid dienone is 2. The molecule has 3 rings (SSSR count). The van der Waals surface area contributed by atoms with Crippen LogP contribution >= 0.6 is 0 Å². The van der Waals surface area contributed by atoms with Gasteiger partial charge >= 0.3 is 23.7 Å². The number of carbonyl (C=O) groups is 1. The van der Waals surface area contributed by atoms with Crippen molar-refractivity contribution >= 4 is 5.97 Å². The summed E-state index contributed by atoms with van der Waals surface area (Å²) in [5.74, 6) is -19.9. The van der Waals surface area contributed by atoms with E-state index in [9.17, 15) is 44.3 Å². The molecule has 0 spiro atoms. The maximum atomic E-state index is 14.8. The third kappa shape index (κ3) is 2.25. The Morgan fingerprint density at radius 2 is 1.41 bits per heavy atom. The predicted octanol–water partition coefficient (Wildman–Crippen LogP) is 4.87. The average Bonchev–Trinajstić information content (AvgIpc) is 2.63. The Morgan fingerprint density at radius 3 is 1.96 bits per heavy atom. The number of esters is 1. The van der Waals surface area contributed by atoms with Crippen molar-refractivity contribution < 1.29 is 49.0 Å². The molecule has 0 radical (unpaired) electrons. The molecule has 2 saturated carbocycles. The van der Waals surface area contributed by atoms with Crippen LogP contribution in [0.4, 0.5) is 39.5 Å². The number of alkyl halides is 9. The Balaban J connectivity index is 1.86. The van der Waals surface area contributed by atoms with Crippen LogP contribution in [0.3, 0.4) is 0 Å². The van der Waals surface area contributed by atoms with Gasteiger partial charge in [-0.1, -0.05) is 12.2 Å². The standard InChI is InChI=1S/C16H15F9O2/c17-11(5-2-1-3-6-11)10(26)27-9-4-7-12(18)13(19,8-9)15(22,23)16(24,25)14(12,20)21/h1-2,9H,3-8H2. The number of rotatable bonds is 2. The van der Waals surface area contributed by atoms with Gasteiger partial charge in [0, 0.05) is 12.8 Å². The Hall–Kier alpha value is -1.42. The smallest absolute Gasteiger partial charge is 0.378 e. The Bertz CT molecular complexity index is 679. The Morgan fingerprint density at radius 1 is 0.815 bits per heavy atom. The van der Waals surface area contributed by atoms with Crippen LogP contribution in [-0.2, 0) is 9.53 Å². The van der Waals surface area contributed by atoms with E-state index in [4.69, 9.17) is 0 Å². The molecule has 2 fully saturated rings. The van der Waals surface area contributed by atoms with Gasteiger partial charge in [0.05, 0.1) is 0 Å². The van der Waals surface area contributed by atoms with Crippen molar-refractivity contribution in [2.75, 3.05) is 0 Å². The molecule has 27 heavy (non-hydrogen) atoms. The van der Waals surface area contributed by atoms with Gasteiger partial charge in [-0.25, -0.2) is 18.0 Å². The summed E-state index contributed by atoms with van der Waals surface area (Å²) in [7, 11) is 0. The first kappa shape index (κ1) is 20.3. The van der Waals surface area contributed by atoms with Crippen LogP contribution in [0.1, 0.15) is 38.5 Å². The zero-order valence-electron chi connectivity index (χ0n) is 13.7. The zero-order chi connectivity index (χ0) is 20.5. The third-order valence-corrected chi connectivity index (χ3v) is 5.69. The fourth-order valence-electron chi connectivity index (χ4n) is 3.96. The second-order valence-corrected chi connectivity index (χ2v) is 7.28. The molecule has 4 unspecified atom stereocenters. The number of hydrogen-bond acceptors (Lipinski definition) is 2. The largest absolute Gasteiger partial charge is 0.460 e. The predicted molar refractivity (Wildman–Crippen MR) is 73.1 cm³/mol. The molecule has 0 N–H and O–H groups in total. The van der Waals surface area contributed by atoms with Crippen LogP contribution in [-0.4, -0.2) is 46.8 Å². The highest BCUT2D eigenvalue weighted by molar-refractivity contribution is 5.80. The van der Waals surface area contributed by atoms with E-state index in [2.05, 4.69) is 4.74 Å². The molecule has 0 aromatic heterocycles. The SMILES string of the molecule is O=C(OC1CCC2(F)C(F)(F)C(F)(F)C(F)(F)C2(F)C1)C1(F)CC=CCC1. The molecule has 0 aliphatic heterocycles. The van der Waals surface area contributed by atoms with Crippen molar-refractivity contribution in [1.29, 1.82) is 0 Å². The first-order valence-electron chi connectivity index (χ1n) is 8.23. The minimum Gasteiger partial charge on any atom is -0.460 e. The molecule has 0 amide bonds. The Kier molecular flexibility index (Phi) is 4.18. The van der Waals surface area contributed by atoms with Gasteiger partial charge in [0.1, 0.15) is 6.10 Å². The van der Waals surface area contributed by atoms with Crippen molar-refractivity contribution in [2.45, 2.75) is 79.4 Å². The first-order chi connectivity index (χ1) is 12.2. The van der Waals surface area contributed by atoms with E-state index in [1.807, 2.05) is 0 Å². The molecule has 4 atom stereocenters. The van der Waals surface area contributed by atoms with Crippen molar-refractivity contribution in [2.24, 2.45) is 0 Å². The summed E-state index contributed by atoms with van der Waals surface area (Å²) < 4.78 is 130. The summed E-state index contributed by atoms with van der Waals surface area (Å²) in [6.07, 6.45) is -4.20. The highest BCUT2D eigenvalue weighted by Gasteiger charge is 2.99. The van der Waals surface area contributed by atoms with Crippen molar-refractivity contribution in [1.82, 2.24) is 0 Å². The molecule has 3 aliphatic rings. The number of ether oxygens (including phenoxy) is 1.